The second-order valence-corrected chi connectivity index (χ2v) is 6.14. The number of aromatic nitrogens is 1. The van der Waals surface area contributed by atoms with Gasteiger partial charge in [0.2, 0.25) is 0 Å². The molecular formula is C21H22N4O3. The summed E-state index contributed by atoms with van der Waals surface area (Å²) in [5.74, 6) is -0.0344. The van der Waals surface area contributed by atoms with Gasteiger partial charge in [-0.25, -0.2) is 5.43 Å². The molecule has 7 heteroatoms. The van der Waals surface area contributed by atoms with Crippen LogP contribution in [0.3, 0.4) is 0 Å². The van der Waals surface area contributed by atoms with Gasteiger partial charge in [0.25, 0.3) is 11.8 Å². The van der Waals surface area contributed by atoms with Crippen LogP contribution in [0.5, 0.6) is 5.75 Å². The van der Waals surface area contributed by atoms with E-state index in [2.05, 4.69) is 20.8 Å². The van der Waals surface area contributed by atoms with Crippen LogP contribution in [-0.2, 0) is 4.79 Å². The van der Waals surface area contributed by atoms with E-state index < -0.39 is 5.91 Å². The molecule has 0 spiro atoms. The van der Waals surface area contributed by atoms with Crippen LogP contribution in [0, 0.1) is 0 Å². The van der Waals surface area contributed by atoms with Gasteiger partial charge in [-0.1, -0.05) is 25.1 Å². The summed E-state index contributed by atoms with van der Waals surface area (Å²) in [6.07, 6.45) is 4.30. The molecule has 0 unspecified atom stereocenters. The third-order valence-electron chi connectivity index (χ3n) is 4.01. The number of hydrogen-bond donors (Lipinski definition) is 3. The third kappa shape index (κ3) is 4.97. The molecule has 0 aliphatic carbocycles. The predicted octanol–water partition coefficient (Wildman–Crippen LogP) is 2.84. The van der Waals surface area contributed by atoms with E-state index in [1.54, 1.807) is 30.5 Å². The number of nitrogens with one attached hydrogen (secondary N) is 3. The first kappa shape index (κ1) is 19.2. The SMILES string of the molecule is CCCOc1ccc(C(=O)NCC(=O)N/N=C/c2c[nH]c3ccccc23)cc1. The van der Waals surface area contributed by atoms with Crippen molar-refractivity contribution in [1.29, 1.82) is 0 Å². The number of rotatable bonds is 8. The Labute approximate surface area is 162 Å². The highest BCUT2D eigenvalue weighted by Crippen LogP contribution is 2.15. The maximum Gasteiger partial charge on any atom is 0.259 e. The van der Waals surface area contributed by atoms with E-state index in [1.807, 2.05) is 37.4 Å². The monoisotopic (exact) mass is 378 g/mol. The van der Waals surface area contributed by atoms with Crippen molar-refractivity contribution in [2.75, 3.05) is 13.2 Å². The Morgan fingerprint density at radius 1 is 1.14 bits per heavy atom. The van der Waals surface area contributed by atoms with Gasteiger partial charge in [0, 0.05) is 28.2 Å². The second-order valence-electron chi connectivity index (χ2n) is 6.14. The average Bonchev–Trinajstić information content (AvgIpc) is 3.14. The number of carbonyl (C=O) groups excluding carboxylic acids is 2. The Morgan fingerprint density at radius 3 is 2.71 bits per heavy atom. The summed E-state index contributed by atoms with van der Waals surface area (Å²) in [4.78, 5) is 27.1. The molecule has 2 aromatic carbocycles. The van der Waals surface area contributed by atoms with Gasteiger partial charge in [-0.05, 0) is 36.8 Å². The zero-order valence-corrected chi connectivity index (χ0v) is 15.6. The van der Waals surface area contributed by atoms with Crippen LogP contribution >= 0.6 is 0 Å². The van der Waals surface area contributed by atoms with Crippen LogP contribution < -0.4 is 15.5 Å². The number of hydrazone groups is 1. The molecule has 0 bridgehead atoms. The Bertz CT molecular complexity index is 977. The number of nitrogens with zero attached hydrogens (tertiary/aromatic N) is 1. The van der Waals surface area contributed by atoms with Crippen LogP contribution in [0.15, 0.2) is 59.8 Å². The minimum Gasteiger partial charge on any atom is -0.494 e. The van der Waals surface area contributed by atoms with Crippen molar-refractivity contribution in [3.8, 4) is 5.75 Å². The van der Waals surface area contributed by atoms with E-state index in [0.717, 1.165) is 22.9 Å². The second kappa shape index (κ2) is 9.36. The quantitative estimate of drug-likeness (QED) is 0.415. The standard InChI is InChI=1S/C21H22N4O3/c1-2-11-28-17-9-7-15(8-10-17)21(27)23-14-20(26)25-24-13-16-12-22-19-6-4-3-5-18(16)19/h3-10,12-13,22H,2,11,14H2,1H3,(H,23,27)(H,25,26)/b24-13+. The van der Waals surface area contributed by atoms with Gasteiger partial charge < -0.3 is 15.0 Å². The molecule has 0 aliphatic rings. The number of H-pyrrole nitrogens is 1. The number of fused-ring (bicyclic) bond motifs is 1. The number of hydrogen-bond acceptors (Lipinski definition) is 4. The highest BCUT2D eigenvalue weighted by atomic mass is 16.5. The van der Waals surface area contributed by atoms with Crippen LogP contribution in [0.4, 0.5) is 0 Å². The molecule has 0 aliphatic heterocycles. The van der Waals surface area contributed by atoms with Crippen molar-refractivity contribution >= 4 is 28.9 Å². The molecule has 7 nitrogen and oxygen atoms in total. The van der Waals surface area contributed by atoms with Crippen molar-refractivity contribution in [3.05, 3.63) is 65.9 Å². The largest absolute Gasteiger partial charge is 0.494 e. The molecule has 144 valence electrons. The van der Waals surface area contributed by atoms with Gasteiger partial charge in [0.15, 0.2) is 0 Å². The maximum atomic E-state index is 12.1. The fourth-order valence-corrected chi connectivity index (χ4v) is 2.60. The van der Waals surface area contributed by atoms with E-state index in [0.29, 0.717) is 17.9 Å². The number of carbonyl (C=O) groups is 2. The molecule has 0 atom stereocenters. The topological polar surface area (TPSA) is 95.6 Å². The van der Waals surface area contributed by atoms with Crippen molar-refractivity contribution in [3.63, 3.8) is 0 Å². The average molecular weight is 378 g/mol. The fraction of sp³-hybridized carbons (Fsp3) is 0.190. The molecule has 2 amide bonds. The van der Waals surface area contributed by atoms with Gasteiger partial charge in [0.05, 0.1) is 19.4 Å². The third-order valence-corrected chi connectivity index (χ3v) is 4.01. The van der Waals surface area contributed by atoms with Crippen LogP contribution in [0.2, 0.25) is 0 Å². The molecule has 1 aromatic heterocycles. The summed E-state index contributed by atoms with van der Waals surface area (Å²) in [6, 6.07) is 14.6. The lowest BCUT2D eigenvalue weighted by Crippen LogP contribution is -2.34. The highest BCUT2D eigenvalue weighted by Gasteiger charge is 2.08. The van der Waals surface area contributed by atoms with Gasteiger partial charge in [-0.3, -0.25) is 9.59 Å². The fourth-order valence-electron chi connectivity index (χ4n) is 2.60. The first-order valence-corrected chi connectivity index (χ1v) is 9.06. The molecular weight excluding hydrogens is 356 g/mol. The Hall–Kier alpha value is -3.61. The van der Waals surface area contributed by atoms with Crippen LogP contribution in [-0.4, -0.2) is 36.2 Å². The predicted molar refractivity (Wildman–Crippen MR) is 109 cm³/mol. The summed E-state index contributed by atoms with van der Waals surface area (Å²) in [5.41, 5.74) is 4.72. The first-order valence-electron chi connectivity index (χ1n) is 9.06. The number of para-hydroxylation sites is 1. The number of benzene rings is 2. The van der Waals surface area contributed by atoms with Crippen molar-refractivity contribution < 1.29 is 14.3 Å². The molecule has 3 N–H and O–H groups in total. The van der Waals surface area contributed by atoms with E-state index in [-0.39, 0.29) is 12.5 Å². The van der Waals surface area contributed by atoms with Crippen molar-refractivity contribution in [2.24, 2.45) is 5.10 Å². The molecule has 1 heterocycles. The van der Waals surface area contributed by atoms with Crippen LogP contribution in [0.1, 0.15) is 29.3 Å². The van der Waals surface area contributed by atoms with Crippen LogP contribution in [0.25, 0.3) is 10.9 Å². The van der Waals surface area contributed by atoms with E-state index in [1.165, 1.54) is 0 Å². The molecule has 0 fully saturated rings. The minimum atomic E-state index is -0.410. The maximum absolute atomic E-state index is 12.1. The number of amides is 2. The summed E-state index contributed by atoms with van der Waals surface area (Å²) >= 11 is 0. The highest BCUT2D eigenvalue weighted by molar-refractivity contribution is 5.99. The zero-order valence-electron chi connectivity index (χ0n) is 15.6. The Balaban J connectivity index is 1.46. The lowest BCUT2D eigenvalue weighted by atomic mass is 10.2. The lowest BCUT2D eigenvalue weighted by Gasteiger charge is -2.06. The molecule has 0 saturated carbocycles. The van der Waals surface area contributed by atoms with Gasteiger partial charge >= 0.3 is 0 Å². The number of ether oxygens (including phenoxy) is 1. The molecule has 0 radical (unpaired) electrons. The smallest absolute Gasteiger partial charge is 0.259 e. The van der Waals surface area contributed by atoms with E-state index >= 15 is 0 Å². The molecule has 0 saturated heterocycles. The summed E-state index contributed by atoms with van der Waals surface area (Å²) in [5, 5.41) is 7.52. The van der Waals surface area contributed by atoms with Gasteiger partial charge in [0.1, 0.15) is 5.75 Å². The van der Waals surface area contributed by atoms with Gasteiger partial charge in [-0.2, -0.15) is 5.10 Å². The normalized spacial score (nSPS) is 10.9. The van der Waals surface area contributed by atoms with Crippen molar-refractivity contribution in [2.45, 2.75) is 13.3 Å². The number of aromatic amines is 1. The van der Waals surface area contributed by atoms with Crippen molar-refractivity contribution in [1.82, 2.24) is 15.7 Å². The molecule has 3 rings (SSSR count). The first-order chi connectivity index (χ1) is 13.7. The molecule has 3 aromatic rings. The molecule has 28 heavy (non-hydrogen) atoms. The summed E-state index contributed by atoms with van der Waals surface area (Å²) in [7, 11) is 0. The Kier molecular flexibility index (Phi) is 6.41. The lowest BCUT2D eigenvalue weighted by molar-refractivity contribution is -0.120. The summed E-state index contributed by atoms with van der Waals surface area (Å²) in [6.45, 7) is 2.49. The minimum absolute atomic E-state index is 0.169. The van der Waals surface area contributed by atoms with Gasteiger partial charge in [-0.15, -0.1) is 0 Å². The Morgan fingerprint density at radius 2 is 1.93 bits per heavy atom. The zero-order chi connectivity index (χ0) is 19.8. The van der Waals surface area contributed by atoms with E-state index in [9.17, 15) is 9.59 Å². The summed E-state index contributed by atoms with van der Waals surface area (Å²) < 4.78 is 5.48. The van der Waals surface area contributed by atoms with E-state index in [4.69, 9.17) is 4.74 Å².